The number of carbonyl (C=O) groups excluding carboxylic acids is 1. The fraction of sp³-hybridized carbons (Fsp3) is 0.417. The van der Waals surface area contributed by atoms with Crippen molar-refractivity contribution in [2.24, 2.45) is 5.92 Å². The molecule has 1 heterocycles. The summed E-state index contributed by atoms with van der Waals surface area (Å²) in [6.45, 7) is 0. The van der Waals surface area contributed by atoms with Gasteiger partial charge in [-0.05, 0) is 46.8 Å². The van der Waals surface area contributed by atoms with Crippen LogP contribution in [0.5, 0.6) is 0 Å². The Morgan fingerprint density at radius 3 is 2.72 bits per heavy atom. The minimum atomic E-state index is -0.888. The number of pyridine rings is 1. The van der Waals surface area contributed by atoms with Crippen LogP contribution >= 0.6 is 15.9 Å². The number of amides is 1. The Morgan fingerprint density at radius 2 is 2.22 bits per heavy atom. The second-order valence-electron chi connectivity index (χ2n) is 4.38. The van der Waals surface area contributed by atoms with E-state index in [1.165, 1.54) is 6.20 Å². The van der Waals surface area contributed by atoms with Crippen LogP contribution in [0.4, 0.5) is 0 Å². The van der Waals surface area contributed by atoms with E-state index in [1.54, 1.807) is 12.1 Å². The number of hydrogen-bond donors (Lipinski definition) is 2. The van der Waals surface area contributed by atoms with Crippen molar-refractivity contribution in [2.75, 3.05) is 0 Å². The Kier molecular flexibility index (Phi) is 3.96. The lowest BCUT2D eigenvalue weighted by molar-refractivity contribution is -0.137. The fourth-order valence-electron chi connectivity index (χ4n) is 1.78. The second kappa shape index (κ2) is 5.48. The van der Waals surface area contributed by atoms with Gasteiger partial charge in [-0.2, -0.15) is 0 Å². The third-order valence-electron chi connectivity index (χ3n) is 2.89. The van der Waals surface area contributed by atoms with Gasteiger partial charge in [0.1, 0.15) is 4.60 Å². The summed E-state index contributed by atoms with van der Waals surface area (Å²) in [5.74, 6) is -0.859. The van der Waals surface area contributed by atoms with Gasteiger partial charge in [0.05, 0.1) is 12.0 Å². The van der Waals surface area contributed by atoms with Gasteiger partial charge < -0.3 is 10.4 Å². The number of aliphatic carboxylic acids is 1. The molecule has 2 N–H and O–H groups in total. The summed E-state index contributed by atoms with van der Waals surface area (Å²) < 4.78 is 0.656. The van der Waals surface area contributed by atoms with E-state index in [0.29, 0.717) is 16.1 Å². The molecule has 1 atom stereocenters. The van der Waals surface area contributed by atoms with Crippen molar-refractivity contribution in [1.29, 1.82) is 0 Å². The van der Waals surface area contributed by atoms with Gasteiger partial charge in [0.15, 0.2) is 0 Å². The number of carbonyl (C=O) groups is 2. The normalized spacial score (nSPS) is 16.1. The molecule has 1 aromatic heterocycles. The van der Waals surface area contributed by atoms with E-state index in [-0.39, 0.29) is 18.4 Å². The molecule has 1 unspecified atom stereocenters. The van der Waals surface area contributed by atoms with E-state index >= 15 is 0 Å². The standard InChI is InChI=1S/C12H13BrN2O3/c13-10-4-3-8(6-14-10)12(18)15-9(5-11(16)17)7-1-2-7/h3-4,6-7,9H,1-2,5H2,(H,15,18)(H,16,17). The third kappa shape index (κ3) is 3.53. The van der Waals surface area contributed by atoms with Crippen LogP contribution in [0.1, 0.15) is 29.6 Å². The highest BCUT2D eigenvalue weighted by atomic mass is 79.9. The van der Waals surface area contributed by atoms with Gasteiger partial charge in [-0.25, -0.2) is 4.98 Å². The van der Waals surface area contributed by atoms with Crippen LogP contribution in [-0.4, -0.2) is 28.0 Å². The number of nitrogens with zero attached hydrogens (tertiary/aromatic N) is 1. The van der Waals surface area contributed by atoms with Crippen molar-refractivity contribution in [3.05, 3.63) is 28.5 Å². The molecule has 0 saturated heterocycles. The second-order valence-corrected chi connectivity index (χ2v) is 5.20. The summed E-state index contributed by atoms with van der Waals surface area (Å²) in [4.78, 5) is 26.6. The number of nitrogens with one attached hydrogen (secondary N) is 1. The van der Waals surface area contributed by atoms with Crippen LogP contribution in [0.3, 0.4) is 0 Å². The number of halogens is 1. The zero-order valence-corrected chi connectivity index (χ0v) is 11.2. The average molecular weight is 313 g/mol. The maximum Gasteiger partial charge on any atom is 0.305 e. The van der Waals surface area contributed by atoms with Gasteiger partial charge in [0.2, 0.25) is 0 Å². The molecular weight excluding hydrogens is 300 g/mol. The van der Waals surface area contributed by atoms with E-state index in [2.05, 4.69) is 26.2 Å². The molecule has 6 heteroatoms. The lowest BCUT2D eigenvalue weighted by Gasteiger charge is -2.16. The summed E-state index contributed by atoms with van der Waals surface area (Å²) in [6.07, 6.45) is 3.40. The molecule has 0 aromatic carbocycles. The first-order valence-corrected chi connectivity index (χ1v) is 6.50. The quantitative estimate of drug-likeness (QED) is 0.813. The average Bonchev–Trinajstić information content (AvgIpc) is 3.12. The number of aromatic nitrogens is 1. The van der Waals surface area contributed by atoms with Crippen LogP contribution < -0.4 is 5.32 Å². The van der Waals surface area contributed by atoms with Gasteiger partial charge in [0.25, 0.3) is 5.91 Å². The molecule has 1 aliphatic rings. The first-order chi connectivity index (χ1) is 8.56. The molecule has 0 spiro atoms. The summed E-state index contributed by atoms with van der Waals surface area (Å²) in [7, 11) is 0. The Balaban J connectivity index is 2.00. The summed E-state index contributed by atoms with van der Waals surface area (Å²) in [5, 5.41) is 11.6. The van der Waals surface area contributed by atoms with E-state index in [1.807, 2.05) is 0 Å². The van der Waals surface area contributed by atoms with Crippen molar-refractivity contribution in [3.63, 3.8) is 0 Å². The van der Waals surface area contributed by atoms with Crippen molar-refractivity contribution < 1.29 is 14.7 Å². The van der Waals surface area contributed by atoms with Gasteiger partial charge >= 0.3 is 5.97 Å². The molecule has 18 heavy (non-hydrogen) atoms. The van der Waals surface area contributed by atoms with Crippen LogP contribution in [0, 0.1) is 5.92 Å². The maximum absolute atomic E-state index is 11.9. The Labute approximate surface area is 113 Å². The first-order valence-electron chi connectivity index (χ1n) is 5.70. The predicted octanol–water partition coefficient (Wildman–Crippen LogP) is 1.83. The summed E-state index contributed by atoms with van der Waals surface area (Å²) in [6, 6.07) is 3.05. The molecule has 0 bridgehead atoms. The summed E-state index contributed by atoms with van der Waals surface area (Å²) >= 11 is 3.19. The molecule has 1 saturated carbocycles. The molecule has 2 rings (SSSR count). The monoisotopic (exact) mass is 312 g/mol. The minimum absolute atomic E-state index is 0.0274. The van der Waals surface area contributed by atoms with Gasteiger partial charge in [0, 0.05) is 12.2 Å². The Bertz CT molecular complexity index is 457. The zero-order valence-electron chi connectivity index (χ0n) is 9.60. The van der Waals surface area contributed by atoms with Crippen molar-refractivity contribution in [3.8, 4) is 0 Å². The number of carboxylic acid groups (broad SMARTS) is 1. The number of carboxylic acids is 1. The summed E-state index contributed by atoms with van der Waals surface area (Å²) in [5.41, 5.74) is 0.439. The van der Waals surface area contributed by atoms with Crippen molar-refractivity contribution >= 4 is 27.8 Å². The lowest BCUT2D eigenvalue weighted by Crippen LogP contribution is -2.38. The van der Waals surface area contributed by atoms with Gasteiger partial charge in [-0.3, -0.25) is 9.59 Å². The van der Waals surface area contributed by atoms with Crippen molar-refractivity contribution in [1.82, 2.24) is 10.3 Å². The first kappa shape index (κ1) is 13.0. The molecule has 1 amide bonds. The number of hydrogen-bond acceptors (Lipinski definition) is 3. The highest BCUT2D eigenvalue weighted by Gasteiger charge is 2.33. The third-order valence-corrected chi connectivity index (χ3v) is 3.36. The minimum Gasteiger partial charge on any atom is -0.481 e. The van der Waals surface area contributed by atoms with Gasteiger partial charge in [-0.15, -0.1) is 0 Å². The largest absolute Gasteiger partial charge is 0.481 e. The topological polar surface area (TPSA) is 79.3 Å². The Morgan fingerprint density at radius 1 is 1.50 bits per heavy atom. The molecule has 0 radical (unpaired) electrons. The molecule has 1 aliphatic carbocycles. The van der Waals surface area contributed by atoms with E-state index in [0.717, 1.165) is 12.8 Å². The van der Waals surface area contributed by atoms with Gasteiger partial charge in [-0.1, -0.05) is 0 Å². The maximum atomic E-state index is 11.9. The van der Waals surface area contributed by atoms with Crippen molar-refractivity contribution in [2.45, 2.75) is 25.3 Å². The highest BCUT2D eigenvalue weighted by molar-refractivity contribution is 9.10. The smallest absolute Gasteiger partial charge is 0.305 e. The molecule has 1 fully saturated rings. The van der Waals surface area contributed by atoms with Crippen LogP contribution in [0.25, 0.3) is 0 Å². The molecule has 5 nitrogen and oxygen atoms in total. The zero-order chi connectivity index (χ0) is 13.1. The Hall–Kier alpha value is -1.43. The van der Waals surface area contributed by atoms with Crippen LogP contribution in [-0.2, 0) is 4.79 Å². The molecule has 96 valence electrons. The lowest BCUT2D eigenvalue weighted by atomic mass is 10.1. The predicted molar refractivity (Wildman–Crippen MR) is 68.2 cm³/mol. The van der Waals surface area contributed by atoms with Crippen LogP contribution in [0.15, 0.2) is 22.9 Å². The molecular formula is C12H13BrN2O3. The van der Waals surface area contributed by atoms with Crippen LogP contribution in [0.2, 0.25) is 0 Å². The van der Waals surface area contributed by atoms with E-state index in [4.69, 9.17) is 5.11 Å². The fourth-order valence-corrected chi connectivity index (χ4v) is 2.02. The molecule has 1 aromatic rings. The molecule has 0 aliphatic heterocycles. The SMILES string of the molecule is O=C(O)CC(NC(=O)c1ccc(Br)nc1)C1CC1. The van der Waals surface area contributed by atoms with E-state index in [9.17, 15) is 9.59 Å². The highest BCUT2D eigenvalue weighted by Crippen LogP contribution is 2.34. The number of rotatable bonds is 5. The van der Waals surface area contributed by atoms with E-state index < -0.39 is 5.97 Å².